The zero-order chi connectivity index (χ0) is 14.1. The summed E-state index contributed by atoms with van der Waals surface area (Å²) in [6.07, 6.45) is 0. The molecule has 0 atom stereocenters. The Morgan fingerprint density at radius 2 is 1.42 bits per heavy atom. The number of hydrogen-bond acceptors (Lipinski definition) is 4. The average Bonchev–Trinajstić information content (AvgIpc) is 2.44. The molecule has 0 fully saturated rings. The van der Waals surface area contributed by atoms with Gasteiger partial charge in [0.05, 0.1) is 12.2 Å². The second-order valence-corrected chi connectivity index (χ2v) is 3.60. The van der Waals surface area contributed by atoms with Crippen LogP contribution in [0.2, 0.25) is 0 Å². The Hall–Kier alpha value is -2.49. The van der Waals surface area contributed by atoms with Gasteiger partial charge in [0.15, 0.2) is 0 Å². The lowest BCUT2D eigenvalue weighted by molar-refractivity contribution is 0.0526. The van der Waals surface area contributed by atoms with Crippen LogP contribution in [0.1, 0.15) is 17.3 Å². The third-order valence-electron chi connectivity index (χ3n) is 2.13. The zero-order valence-electron chi connectivity index (χ0n) is 10.6. The average molecular weight is 260 g/mol. The van der Waals surface area contributed by atoms with E-state index in [0.717, 1.165) is 0 Å². The van der Waals surface area contributed by atoms with Crippen LogP contribution < -0.4 is 0 Å². The lowest BCUT2D eigenvalue weighted by atomic mass is 10.2. The molecule has 0 unspecified atom stereocenters. The first kappa shape index (κ1) is 14.6. The smallest absolute Gasteiger partial charge is 0.338 e. The molecule has 0 aliphatic carbocycles. The van der Waals surface area contributed by atoms with Crippen molar-refractivity contribution < 1.29 is 19.7 Å². The van der Waals surface area contributed by atoms with E-state index in [0.29, 0.717) is 12.2 Å². The molecule has 2 aromatic rings. The molecule has 0 aliphatic rings. The largest absolute Gasteiger partial charge is 0.508 e. The highest BCUT2D eigenvalue weighted by molar-refractivity contribution is 5.89. The molecule has 2 N–H and O–H groups in total. The first-order chi connectivity index (χ1) is 9.13. The number of benzene rings is 2. The lowest BCUT2D eigenvalue weighted by Gasteiger charge is -1.99. The highest BCUT2D eigenvalue weighted by Gasteiger charge is 2.02. The van der Waals surface area contributed by atoms with Gasteiger partial charge in [-0.25, -0.2) is 4.79 Å². The van der Waals surface area contributed by atoms with E-state index >= 15 is 0 Å². The van der Waals surface area contributed by atoms with Crippen LogP contribution in [0.3, 0.4) is 0 Å². The predicted molar refractivity (Wildman–Crippen MR) is 72.2 cm³/mol. The van der Waals surface area contributed by atoms with Crippen LogP contribution >= 0.6 is 0 Å². The monoisotopic (exact) mass is 260 g/mol. The van der Waals surface area contributed by atoms with Crippen LogP contribution in [0.5, 0.6) is 11.5 Å². The minimum Gasteiger partial charge on any atom is -0.508 e. The highest BCUT2D eigenvalue weighted by Crippen LogP contribution is 2.13. The topological polar surface area (TPSA) is 66.8 Å². The molecule has 0 saturated heterocycles. The summed E-state index contributed by atoms with van der Waals surface area (Å²) < 4.78 is 4.79. The van der Waals surface area contributed by atoms with Gasteiger partial charge in [0.1, 0.15) is 11.5 Å². The van der Waals surface area contributed by atoms with Crippen molar-refractivity contribution in [2.45, 2.75) is 6.92 Å². The molecule has 4 heteroatoms. The number of esters is 1. The molecule has 0 heterocycles. The maximum atomic E-state index is 11.0. The Labute approximate surface area is 111 Å². The molecule has 0 aromatic heterocycles. The molecule has 0 bridgehead atoms. The van der Waals surface area contributed by atoms with Crippen LogP contribution in [0.4, 0.5) is 0 Å². The van der Waals surface area contributed by atoms with Gasteiger partial charge in [0.25, 0.3) is 0 Å². The number of hydrogen-bond donors (Lipinski definition) is 2. The van der Waals surface area contributed by atoms with Gasteiger partial charge in [-0.05, 0) is 43.3 Å². The molecule has 0 aliphatic heterocycles. The molecule has 0 radical (unpaired) electrons. The second-order valence-electron chi connectivity index (χ2n) is 3.60. The number of carbonyl (C=O) groups excluding carboxylic acids is 1. The van der Waals surface area contributed by atoms with Crippen molar-refractivity contribution in [2.24, 2.45) is 0 Å². The van der Waals surface area contributed by atoms with Crippen molar-refractivity contribution in [2.75, 3.05) is 6.61 Å². The van der Waals surface area contributed by atoms with E-state index in [1.54, 1.807) is 19.1 Å². The maximum absolute atomic E-state index is 11.0. The van der Waals surface area contributed by atoms with E-state index < -0.39 is 0 Å². The molecule has 0 spiro atoms. The van der Waals surface area contributed by atoms with Gasteiger partial charge < -0.3 is 14.9 Å². The van der Waals surface area contributed by atoms with Crippen LogP contribution in [-0.4, -0.2) is 22.8 Å². The van der Waals surface area contributed by atoms with E-state index in [4.69, 9.17) is 14.9 Å². The number of phenols is 2. The number of phenolic OH excluding ortho intramolecular Hbond substituents is 2. The van der Waals surface area contributed by atoms with Crippen LogP contribution in [0.15, 0.2) is 54.6 Å². The van der Waals surface area contributed by atoms with Gasteiger partial charge in [0, 0.05) is 0 Å². The number of ether oxygens (including phenoxy) is 1. The minimum atomic E-state index is -0.256. The molecular formula is C15H16O4. The number of aromatic hydroxyl groups is 2. The molecule has 100 valence electrons. The Bertz CT molecular complexity index is 470. The van der Waals surface area contributed by atoms with Crippen molar-refractivity contribution in [3.05, 3.63) is 60.2 Å². The highest BCUT2D eigenvalue weighted by atomic mass is 16.5. The van der Waals surface area contributed by atoms with Crippen molar-refractivity contribution >= 4 is 5.97 Å². The van der Waals surface area contributed by atoms with Gasteiger partial charge in [0.2, 0.25) is 0 Å². The molecule has 0 saturated carbocycles. The van der Waals surface area contributed by atoms with E-state index in [2.05, 4.69) is 0 Å². The molecular weight excluding hydrogens is 244 g/mol. The Kier molecular flexibility index (Phi) is 5.95. The van der Waals surface area contributed by atoms with Gasteiger partial charge in [-0.2, -0.15) is 0 Å². The standard InChI is InChI=1S/C9H10O2.C6H6O2/c1-2-11-9(10)8-6-4-3-5-7-8;7-5-1-2-6(8)4-3-5/h3-7H,2H2,1H3;1-4,7-8H. The van der Waals surface area contributed by atoms with E-state index in [-0.39, 0.29) is 17.5 Å². The number of carbonyl (C=O) groups is 1. The van der Waals surface area contributed by atoms with Crippen molar-refractivity contribution in [3.8, 4) is 11.5 Å². The predicted octanol–water partition coefficient (Wildman–Crippen LogP) is 2.96. The van der Waals surface area contributed by atoms with Crippen LogP contribution in [0.25, 0.3) is 0 Å². The molecule has 2 aromatic carbocycles. The molecule has 4 nitrogen and oxygen atoms in total. The van der Waals surface area contributed by atoms with Crippen molar-refractivity contribution in [1.82, 2.24) is 0 Å². The SMILES string of the molecule is CCOC(=O)c1ccccc1.Oc1ccc(O)cc1. The summed E-state index contributed by atoms with van der Waals surface area (Å²) >= 11 is 0. The van der Waals surface area contributed by atoms with Gasteiger partial charge in [-0.15, -0.1) is 0 Å². The fraction of sp³-hybridized carbons (Fsp3) is 0.133. The van der Waals surface area contributed by atoms with Crippen LogP contribution in [-0.2, 0) is 4.74 Å². The Morgan fingerprint density at radius 1 is 0.947 bits per heavy atom. The zero-order valence-corrected chi connectivity index (χ0v) is 10.6. The third kappa shape index (κ3) is 5.59. The Morgan fingerprint density at radius 3 is 1.84 bits per heavy atom. The van der Waals surface area contributed by atoms with E-state index in [9.17, 15) is 4.79 Å². The summed E-state index contributed by atoms with van der Waals surface area (Å²) in [4.78, 5) is 11.0. The normalized spacial score (nSPS) is 9.11. The summed E-state index contributed by atoms with van der Waals surface area (Å²) in [7, 11) is 0. The summed E-state index contributed by atoms with van der Waals surface area (Å²) in [5.41, 5.74) is 0.606. The van der Waals surface area contributed by atoms with E-state index in [1.165, 1.54) is 24.3 Å². The summed E-state index contributed by atoms with van der Waals surface area (Å²) in [5, 5.41) is 17.3. The fourth-order valence-electron chi connectivity index (χ4n) is 1.24. The first-order valence-corrected chi connectivity index (χ1v) is 5.83. The molecule has 2 rings (SSSR count). The van der Waals surface area contributed by atoms with Crippen LogP contribution in [0, 0.1) is 0 Å². The Balaban J connectivity index is 0.000000200. The third-order valence-corrected chi connectivity index (χ3v) is 2.13. The maximum Gasteiger partial charge on any atom is 0.338 e. The van der Waals surface area contributed by atoms with Gasteiger partial charge >= 0.3 is 5.97 Å². The second kappa shape index (κ2) is 7.76. The van der Waals surface area contributed by atoms with Crippen molar-refractivity contribution in [1.29, 1.82) is 0 Å². The van der Waals surface area contributed by atoms with E-state index in [1.807, 2.05) is 18.2 Å². The minimum absolute atomic E-state index is 0.169. The van der Waals surface area contributed by atoms with Gasteiger partial charge in [-0.1, -0.05) is 18.2 Å². The lowest BCUT2D eigenvalue weighted by Crippen LogP contribution is -2.03. The number of rotatable bonds is 2. The quantitative estimate of drug-likeness (QED) is 0.643. The van der Waals surface area contributed by atoms with Crippen molar-refractivity contribution in [3.63, 3.8) is 0 Å². The molecule has 0 amide bonds. The molecule has 19 heavy (non-hydrogen) atoms. The summed E-state index contributed by atoms with van der Waals surface area (Å²) in [5.74, 6) is 0.0821. The summed E-state index contributed by atoms with van der Waals surface area (Å²) in [6, 6.07) is 14.7. The fourth-order valence-corrected chi connectivity index (χ4v) is 1.24. The first-order valence-electron chi connectivity index (χ1n) is 5.83. The van der Waals surface area contributed by atoms with Gasteiger partial charge in [-0.3, -0.25) is 0 Å². The summed E-state index contributed by atoms with van der Waals surface area (Å²) in [6.45, 7) is 2.22.